The molecule has 0 N–H and O–H groups in total. The van der Waals surface area contributed by atoms with E-state index in [4.69, 9.17) is 0 Å². The summed E-state index contributed by atoms with van der Waals surface area (Å²) >= 11 is 0. The summed E-state index contributed by atoms with van der Waals surface area (Å²) in [4.78, 5) is 29.4. The van der Waals surface area contributed by atoms with Crippen LogP contribution in [0.1, 0.15) is 58.3 Å². The number of hydrogen-bond acceptors (Lipinski definition) is 4. The molecule has 4 unspecified atom stereocenters. The highest BCUT2D eigenvalue weighted by atomic mass is 16.1. The van der Waals surface area contributed by atoms with Gasteiger partial charge >= 0.3 is 0 Å². The number of rotatable bonds is 3. The third-order valence-corrected chi connectivity index (χ3v) is 5.21. The maximum Gasteiger partial charge on any atom is 0.235 e. The lowest BCUT2D eigenvalue weighted by molar-refractivity contribution is 0.0523. The Hall–Kier alpha value is -1.24. The summed E-state index contributed by atoms with van der Waals surface area (Å²) in [7, 11) is 0. The lowest BCUT2D eigenvalue weighted by Crippen LogP contribution is -2.46. The molecular formula is C15H22N2O2. The molecule has 0 spiro atoms. The van der Waals surface area contributed by atoms with E-state index in [9.17, 15) is 9.59 Å². The van der Waals surface area contributed by atoms with Crippen molar-refractivity contribution in [3.05, 3.63) is 0 Å². The van der Waals surface area contributed by atoms with E-state index in [1.165, 1.54) is 12.8 Å². The van der Waals surface area contributed by atoms with E-state index in [0.717, 1.165) is 38.5 Å². The molecule has 2 aliphatic rings. The van der Waals surface area contributed by atoms with Crippen LogP contribution in [0.25, 0.3) is 0 Å². The van der Waals surface area contributed by atoms with Gasteiger partial charge in [0.25, 0.3) is 0 Å². The standard InChI is InChI=1S/C15H22N2O2/c1-15(9-5-4-8-14(15)17-11-19)12-6-2-3-7-13(12)16-10-18/h12-14H,2-9H2,1H3. The van der Waals surface area contributed by atoms with Crippen LogP contribution in [0.4, 0.5) is 0 Å². The zero-order valence-electron chi connectivity index (χ0n) is 11.6. The molecule has 2 fully saturated rings. The van der Waals surface area contributed by atoms with Crippen molar-refractivity contribution < 1.29 is 9.59 Å². The SMILES string of the molecule is CC1(C2CCCCC2N=C=O)CCCCC1N=C=O. The molecule has 4 atom stereocenters. The first-order valence-electron chi connectivity index (χ1n) is 7.36. The van der Waals surface area contributed by atoms with Gasteiger partial charge in [-0.05, 0) is 37.0 Å². The number of aliphatic imine (C=N–C) groups is 2. The number of isocyanates is 2. The van der Waals surface area contributed by atoms with E-state index >= 15 is 0 Å². The first-order chi connectivity index (χ1) is 9.22. The molecule has 4 heteroatoms. The van der Waals surface area contributed by atoms with Crippen LogP contribution in [0.3, 0.4) is 0 Å². The smallest absolute Gasteiger partial charge is 0.211 e. The molecule has 4 nitrogen and oxygen atoms in total. The Bertz CT molecular complexity index is 410. The lowest BCUT2D eigenvalue weighted by atomic mass is 9.59. The molecule has 0 aromatic rings. The van der Waals surface area contributed by atoms with Crippen LogP contribution in [0, 0.1) is 11.3 Å². The van der Waals surface area contributed by atoms with Gasteiger partial charge in [0.15, 0.2) is 0 Å². The van der Waals surface area contributed by atoms with Crippen LogP contribution in [-0.4, -0.2) is 24.2 Å². The van der Waals surface area contributed by atoms with Crippen molar-refractivity contribution in [2.24, 2.45) is 21.3 Å². The van der Waals surface area contributed by atoms with E-state index in [0.29, 0.717) is 5.92 Å². The molecule has 0 radical (unpaired) electrons. The Morgan fingerprint density at radius 1 is 0.947 bits per heavy atom. The van der Waals surface area contributed by atoms with Crippen LogP contribution < -0.4 is 0 Å². The fourth-order valence-electron chi connectivity index (χ4n) is 4.15. The monoisotopic (exact) mass is 262 g/mol. The maximum atomic E-state index is 10.7. The first kappa shape index (κ1) is 14.2. The average Bonchev–Trinajstić information content (AvgIpc) is 2.43. The molecule has 0 bridgehead atoms. The van der Waals surface area contributed by atoms with Crippen molar-refractivity contribution in [1.82, 2.24) is 0 Å². The molecule has 2 saturated carbocycles. The van der Waals surface area contributed by atoms with E-state index in [1.54, 1.807) is 12.2 Å². The molecule has 104 valence electrons. The fraction of sp³-hybridized carbons (Fsp3) is 0.867. The van der Waals surface area contributed by atoms with Gasteiger partial charge in [0.2, 0.25) is 12.2 Å². The van der Waals surface area contributed by atoms with E-state index < -0.39 is 0 Å². The highest BCUT2D eigenvalue weighted by Gasteiger charge is 2.46. The predicted octanol–water partition coefficient (Wildman–Crippen LogP) is 3.17. The third-order valence-electron chi connectivity index (χ3n) is 5.21. The Kier molecular flexibility index (Phi) is 4.68. The van der Waals surface area contributed by atoms with Crippen LogP contribution in [0.5, 0.6) is 0 Å². The quantitative estimate of drug-likeness (QED) is 0.579. The summed E-state index contributed by atoms with van der Waals surface area (Å²) in [5, 5.41) is 0. The molecular weight excluding hydrogens is 240 g/mol. The average molecular weight is 262 g/mol. The van der Waals surface area contributed by atoms with Crippen molar-refractivity contribution in [2.45, 2.75) is 70.4 Å². The minimum Gasteiger partial charge on any atom is -0.211 e. The molecule has 0 saturated heterocycles. The van der Waals surface area contributed by atoms with Crippen LogP contribution in [0.15, 0.2) is 9.98 Å². The van der Waals surface area contributed by atoms with E-state index in [2.05, 4.69) is 16.9 Å². The Morgan fingerprint density at radius 2 is 1.63 bits per heavy atom. The first-order valence-corrected chi connectivity index (χ1v) is 7.36. The van der Waals surface area contributed by atoms with Gasteiger partial charge in [-0.15, -0.1) is 0 Å². The Morgan fingerprint density at radius 3 is 2.37 bits per heavy atom. The second kappa shape index (κ2) is 6.27. The van der Waals surface area contributed by atoms with Crippen LogP contribution in [0.2, 0.25) is 0 Å². The molecule has 2 aliphatic carbocycles. The second-order valence-electron chi connectivity index (χ2n) is 6.17. The zero-order valence-corrected chi connectivity index (χ0v) is 11.6. The van der Waals surface area contributed by atoms with Crippen molar-refractivity contribution in [2.75, 3.05) is 0 Å². The van der Waals surface area contributed by atoms with Gasteiger partial charge in [-0.25, -0.2) is 19.6 Å². The van der Waals surface area contributed by atoms with Crippen molar-refractivity contribution in [3.8, 4) is 0 Å². The van der Waals surface area contributed by atoms with Gasteiger partial charge in [-0.2, -0.15) is 0 Å². The van der Waals surface area contributed by atoms with Crippen molar-refractivity contribution in [3.63, 3.8) is 0 Å². The maximum absolute atomic E-state index is 10.7. The lowest BCUT2D eigenvalue weighted by Gasteiger charge is -2.48. The summed E-state index contributed by atoms with van der Waals surface area (Å²) in [5.74, 6) is 0.352. The van der Waals surface area contributed by atoms with Crippen molar-refractivity contribution >= 4 is 12.2 Å². The van der Waals surface area contributed by atoms with Gasteiger partial charge < -0.3 is 0 Å². The van der Waals surface area contributed by atoms with Crippen molar-refractivity contribution in [1.29, 1.82) is 0 Å². The highest BCUT2D eigenvalue weighted by Crippen LogP contribution is 2.49. The fourth-order valence-corrected chi connectivity index (χ4v) is 4.15. The molecule has 19 heavy (non-hydrogen) atoms. The largest absolute Gasteiger partial charge is 0.235 e. The molecule has 0 aliphatic heterocycles. The summed E-state index contributed by atoms with van der Waals surface area (Å²) in [6, 6.07) is 0.116. The van der Waals surface area contributed by atoms with Gasteiger partial charge in [0.1, 0.15) is 0 Å². The summed E-state index contributed by atoms with van der Waals surface area (Å²) in [6.07, 6.45) is 12.2. The summed E-state index contributed by atoms with van der Waals surface area (Å²) in [6.45, 7) is 2.22. The van der Waals surface area contributed by atoms with E-state index in [-0.39, 0.29) is 17.5 Å². The molecule has 0 amide bonds. The second-order valence-corrected chi connectivity index (χ2v) is 6.17. The summed E-state index contributed by atoms with van der Waals surface area (Å²) in [5.41, 5.74) is -0.0128. The number of nitrogens with zero attached hydrogens (tertiary/aromatic N) is 2. The highest BCUT2D eigenvalue weighted by molar-refractivity contribution is 5.35. The third kappa shape index (κ3) is 2.86. The molecule has 2 rings (SSSR count). The van der Waals surface area contributed by atoms with Gasteiger partial charge in [-0.1, -0.05) is 32.6 Å². The van der Waals surface area contributed by atoms with Gasteiger partial charge in [0, 0.05) is 0 Å². The van der Waals surface area contributed by atoms with Crippen LogP contribution in [-0.2, 0) is 9.59 Å². The van der Waals surface area contributed by atoms with Crippen LogP contribution >= 0.6 is 0 Å². The minimum atomic E-state index is -0.0128. The Balaban J connectivity index is 2.27. The van der Waals surface area contributed by atoms with Gasteiger partial charge in [-0.3, -0.25) is 0 Å². The summed E-state index contributed by atoms with van der Waals surface area (Å²) < 4.78 is 0. The Labute approximate surface area is 114 Å². The molecule has 0 aromatic heterocycles. The predicted molar refractivity (Wildman–Crippen MR) is 72.4 cm³/mol. The normalized spacial score (nSPS) is 38.9. The zero-order chi connectivity index (χ0) is 13.7. The van der Waals surface area contributed by atoms with Gasteiger partial charge in [0.05, 0.1) is 12.1 Å². The minimum absolute atomic E-state index is 0.0128. The number of hydrogen-bond donors (Lipinski definition) is 0. The van der Waals surface area contributed by atoms with E-state index in [1.807, 2.05) is 0 Å². The molecule has 0 heterocycles. The molecule has 0 aromatic carbocycles. The topological polar surface area (TPSA) is 58.9 Å². The number of carbonyl (C=O) groups excluding carboxylic acids is 2.